The van der Waals surface area contributed by atoms with Crippen LogP contribution in [0.3, 0.4) is 0 Å². The highest BCUT2D eigenvalue weighted by Gasteiger charge is 2.32. The van der Waals surface area contributed by atoms with Crippen LogP contribution in [-0.4, -0.2) is 59.1 Å². The summed E-state index contributed by atoms with van der Waals surface area (Å²) in [5.41, 5.74) is 2.67. The number of rotatable bonds is 7. The summed E-state index contributed by atoms with van der Waals surface area (Å²) in [5, 5.41) is 4.06. The van der Waals surface area contributed by atoms with E-state index in [4.69, 9.17) is 4.74 Å². The van der Waals surface area contributed by atoms with Gasteiger partial charge in [0.05, 0.1) is 19.1 Å². The van der Waals surface area contributed by atoms with Gasteiger partial charge in [0.15, 0.2) is 0 Å². The van der Waals surface area contributed by atoms with E-state index >= 15 is 0 Å². The number of H-pyrrole nitrogens is 1. The van der Waals surface area contributed by atoms with Crippen LogP contribution in [0.1, 0.15) is 16.1 Å². The number of nitrogens with one attached hydrogen (secondary N) is 2. The summed E-state index contributed by atoms with van der Waals surface area (Å²) in [5.74, 6) is -0.0774. The number of carbonyl (C=O) groups excluding carboxylic acids is 2. The molecule has 0 saturated heterocycles. The van der Waals surface area contributed by atoms with Crippen molar-refractivity contribution in [3.05, 3.63) is 60.0 Å². The molecule has 3 heterocycles. The molecule has 2 N–H and O–H groups in total. The maximum atomic E-state index is 12.8. The van der Waals surface area contributed by atoms with Crippen molar-refractivity contribution in [1.82, 2.24) is 19.8 Å². The standard InChI is InChI=1S/C21H24N4O3/c1-28-10-9-25-16(14-24-8-4-7-19(24)21(25)27)13-23-20(26)11-15-12-22-18-6-3-2-5-17(15)18/h2-8,12,16,22H,9-11,13-14H2,1H3,(H,23,26). The van der Waals surface area contributed by atoms with Crippen molar-refractivity contribution >= 4 is 22.7 Å². The van der Waals surface area contributed by atoms with E-state index in [1.54, 1.807) is 12.0 Å². The van der Waals surface area contributed by atoms with E-state index in [0.717, 1.165) is 16.5 Å². The van der Waals surface area contributed by atoms with Crippen LogP contribution in [0.2, 0.25) is 0 Å². The largest absolute Gasteiger partial charge is 0.383 e. The number of amides is 2. The number of hydrogen-bond acceptors (Lipinski definition) is 3. The second-order valence-corrected chi connectivity index (χ2v) is 7.03. The number of hydrogen-bond donors (Lipinski definition) is 2. The molecule has 7 nitrogen and oxygen atoms in total. The first-order valence-corrected chi connectivity index (χ1v) is 9.44. The molecule has 0 radical (unpaired) electrons. The van der Waals surface area contributed by atoms with E-state index in [9.17, 15) is 9.59 Å². The maximum Gasteiger partial charge on any atom is 0.270 e. The van der Waals surface area contributed by atoms with Crippen LogP contribution in [0.25, 0.3) is 10.9 Å². The quantitative estimate of drug-likeness (QED) is 0.656. The lowest BCUT2D eigenvalue weighted by Gasteiger charge is -2.36. The zero-order valence-corrected chi connectivity index (χ0v) is 15.9. The smallest absolute Gasteiger partial charge is 0.270 e. The van der Waals surface area contributed by atoms with Gasteiger partial charge in [-0.15, -0.1) is 0 Å². The predicted molar refractivity (Wildman–Crippen MR) is 106 cm³/mol. The fraction of sp³-hybridized carbons (Fsp3) is 0.333. The molecule has 1 aliphatic heterocycles. The highest BCUT2D eigenvalue weighted by molar-refractivity contribution is 5.94. The van der Waals surface area contributed by atoms with Crippen molar-refractivity contribution < 1.29 is 14.3 Å². The van der Waals surface area contributed by atoms with Crippen molar-refractivity contribution in [2.75, 3.05) is 26.8 Å². The summed E-state index contributed by atoms with van der Waals surface area (Å²) in [4.78, 5) is 30.3. The number of benzene rings is 1. The molecule has 0 saturated carbocycles. The highest BCUT2D eigenvalue weighted by atomic mass is 16.5. The number of fused-ring (bicyclic) bond motifs is 2. The van der Waals surface area contributed by atoms with E-state index in [1.165, 1.54) is 0 Å². The molecule has 4 rings (SSSR count). The van der Waals surface area contributed by atoms with Crippen LogP contribution in [0.15, 0.2) is 48.8 Å². The predicted octanol–water partition coefficient (Wildman–Crippen LogP) is 1.80. The van der Waals surface area contributed by atoms with Crippen LogP contribution in [0.5, 0.6) is 0 Å². The molecule has 1 unspecified atom stereocenters. The summed E-state index contributed by atoms with van der Waals surface area (Å²) in [7, 11) is 1.62. The zero-order valence-electron chi connectivity index (χ0n) is 15.9. The molecule has 0 aliphatic carbocycles. The lowest BCUT2D eigenvalue weighted by Crippen LogP contribution is -2.53. The van der Waals surface area contributed by atoms with Crippen molar-refractivity contribution in [2.45, 2.75) is 19.0 Å². The minimum atomic E-state index is -0.102. The van der Waals surface area contributed by atoms with Crippen molar-refractivity contribution in [1.29, 1.82) is 0 Å². The van der Waals surface area contributed by atoms with E-state index in [1.807, 2.05) is 53.4 Å². The molecule has 28 heavy (non-hydrogen) atoms. The molecule has 1 aliphatic rings. The summed E-state index contributed by atoms with van der Waals surface area (Å²) >= 11 is 0. The Hall–Kier alpha value is -3.06. The Morgan fingerprint density at radius 3 is 3.00 bits per heavy atom. The molecule has 0 fully saturated rings. The van der Waals surface area contributed by atoms with Crippen molar-refractivity contribution in [3.63, 3.8) is 0 Å². The van der Waals surface area contributed by atoms with Gasteiger partial charge >= 0.3 is 0 Å². The van der Waals surface area contributed by atoms with E-state index in [-0.39, 0.29) is 17.9 Å². The second-order valence-electron chi connectivity index (χ2n) is 7.03. The fourth-order valence-electron chi connectivity index (χ4n) is 3.80. The average molecular weight is 380 g/mol. The maximum absolute atomic E-state index is 12.8. The number of carbonyl (C=O) groups is 2. The SMILES string of the molecule is COCCN1C(=O)c2cccn2CC1CNC(=O)Cc1c[nH]c2ccccc12. The molecular weight excluding hydrogens is 356 g/mol. The lowest BCUT2D eigenvalue weighted by atomic mass is 10.1. The Morgan fingerprint density at radius 2 is 2.14 bits per heavy atom. The summed E-state index contributed by atoms with van der Waals surface area (Å²) in [6.45, 7) is 2.04. The Labute approximate surface area is 163 Å². The molecule has 0 bridgehead atoms. The second kappa shape index (κ2) is 7.90. The third-order valence-electron chi connectivity index (χ3n) is 5.25. The van der Waals surface area contributed by atoms with E-state index in [0.29, 0.717) is 38.4 Å². The summed E-state index contributed by atoms with van der Waals surface area (Å²) in [6, 6.07) is 11.5. The van der Waals surface area contributed by atoms with Gasteiger partial charge in [-0.25, -0.2) is 0 Å². The van der Waals surface area contributed by atoms with Gasteiger partial charge in [-0.3, -0.25) is 9.59 Å². The minimum Gasteiger partial charge on any atom is -0.383 e. The highest BCUT2D eigenvalue weighted by Crippen LogP contribution is 2.19. The number of aromatic amines is 1. The fourth-order valence-corrected chi connectivity index (χ4v) is 3.80. The van der Waals surface area contributed by atoms with Gasteiger partial charge in [0.25, 0.3) is 5.91 Å². The third kappa shape index (κ3) is 3.53. The van der Waals surface area contributed by atoms with E-state index < -0.39 is 0 Å². The van der Waals surface area contributed by atoms with Gasteiger partial charge < -0.3 is 24.5 Å². The number of para-hydroxylation sites is 1. The molecule has 2 amide bonds. The third-order valence-corrected chi connectivity index (χ3v) is 5.25. The Kier molecular flexibility index (Phi) is 5.16. The van der Waals surface area contributed by atoms with Gasteiger partial charge in [0.2, 0.25) is 5.91 Å². The van der Waals surface area contributed by atoms with Gasteiger partial charge in [0.1, 0.15) is 5.69 Å². The van der Waals surface area contributed by atoms with Crippen LogP contribution in [0, 0.1) is 0 Å². The molecule has 7 heteroatoms. The molecule has 2 aromatic heterocycles. The first-order chi connectivity index (χ1) is 13.7. The molecule has 3 aromatic rings. The lowest BCUT2D eigenvalue weighted by molar-refractivity contribution is -0.120. The zero-order chi connectivity index (χ0) is 19.5. The minimum absolute atomic E-state index is 0.0239. The topological polar surface area (TPSA) is 79.4 Å². The summed E-state index contributed by atoms with van der Waals surface area (Å²) in [6.07, 6.45) is 4.09. The number of nitrogens with zero attached hydrogens (tertiary/aromatic N) is 2. The molecule has 0 spiro atoms. The monoisotopic (exact) mass is 380 g/mol. The van der Waals surface area contributed by atoms with Crippen LogP contribution in [-0.2, 0) is 22.5 Å². The van der Waals surface area contributed by atoms with Gasteiger partial charge in [-0.1, -0.05) is 18.2 Å². The Bertz CT molecular complexity index is 990. The van der Waals surface area contributed by atoms with Gasteiger partial charge in [-0.05, 0) is 23.8 Å². The van der Waals surface area contributed by atoms with E-state index in [2.05, 4.69) is 10.3 Å². The van der Waals surface area contributed by atoms with Crippen molar-refractivity contribution in [2.24, 2.45) is 0 Å². The Balaban J connectivity index is 1.42. The average Bonchev–Trinajstić information content (AvgIpc) is 3.33. The molecule has 1 atom stereocenters. The normalized spacial score (nSPS) is 16.4. The number of methoxy groups -OCH3 is 1. The van der Waals surface area contributed by atoms with Crippen LogP contribution < -0.4 is 5.32 Å². The molecular formula is C21H24N4O3. The number of ether oxygens (including phenoxy) is 1. The molecule has 1 aromatic carbocycles. The Morgan fingerprint density at radius 1 is 1.29 bits per heavy atom. The molecule has 146 valence electrons. The van der Waals surface area contributed by atoms with Crippen LogP contribution >= 0.6 is 0 Å². The number of aromatic nitrogens is 2. The first kappa shape index (κ1) is 18.3. The van der Waals surface area contributed by atoms with Crippen LogP contribution in [0.4, 0.5) is 0 Å². The summed E-state index contributed by atoms with van der Waals surface area (Å²) < 4.78 is 7.10. The van der Waals surface area contributed by atoms with Crippen molar-refractivity contribution in [3.8, 4) is 0 Å². The van der Waals surface area contributed by atoms with Gasteiger partial charge in [-0.2, -0.15) is 0 Å². The van der Waals surface area contributed by atoms with Gasteiger partial charge in [0, 0.05) is 50.0 Å². The first-order valence-electron chi connectivity index (χ1n) is 9.44.